The van der Waals surface area contributed by atoms with Gasteiger partial charge in [0, 0.05) is 42.2 Å². The van der Waals surface area contributed by atoms with Crippen molar-refractivity contribution in [1.82, 2.24) is 10.2 Å². The highest BCUT2D eigenvalue weighted by Gasteiger charge is 2.30. The number of piperidine rings is 1. The molecule has 0 aliphatic carbocycles. The lowest BCUT2D eigenvalue weighted by atomic mass is 9.97. The number of fused-ring (bicyclic) bond motifs is 2. The van der Waals surface area contributed by atoms with E-state index in [9.17, 15) is 14.9 Å². The van der Waals surface area contributed by atoms with Crippen LogP contribution in [0.3, 0.4) is 0 Å². The number of hydrogen-bond acceptors (Lipinski definition) is 6. The Balaban J connectivity index is 1.41. The average Bonchev–Trinajstić information content (AvgIpc) is 3.27. The van der Waals surface area contributed by atoms with Crippen LogP contribution in [0.15, 0.2) is 60.7 Å². The number of amides is 1. The van der Waals surface area contributed by atoms with Crippen molar-refractivity contribution in [2.24, 2.45) is 0 Å². The summed E-state index contributed by atoms with van der Waals surface area (Å²) >= 11 is 0. The van der Waals surface area contributed by atoms with Crippen LogP contribution >= 0.6 is 0 Å². The normalized spacial score (nSPS) is 18.4. The van der Waals surface area contributed by atoms with Crippen LogP contribution in [-0.2, 0) is 24.3 Å². The van der Waals surface area contributed by atoms with E-state index < -0.39 is 4.92 Å². The van der Waals surface area contributed by atoms with E-state index >= 15 is 0 Å². The lowest BCUT2D eigenvalue weighted by molar-refractivity contribution is -0.384. The molecule has 1 saturated heterocycles. The summed E-state index contributed by atoms with van der Waals surface area (Å²) in [4.78, 5) is 26.9. The van der Waals surface area contributed by atoms with Gasteiger partial charge in [-0.2, -0.15) is 0 Å². The third-order valence-electron chi connectivity index (χ3n) is 7.67. The zero-order valence-electron chi connectivity index (χ0n) is 21.3. The van der Waals surface area contributed by atoms with Gasteiger partial charge in [-0.1, -0.05) is 36.8 Å². The van der Waals surface area contributed by atoms with Crippen molar-refractivity contribution in [2.75, 3.05) is 30.3 Å². The summed E-state index contributed by atoms with van der Waals surface area (Å²) in [6.45, 7) is 4.95. The highest BCUT2D eigenvalue weighted by molar-refractivity contribution is 6.37. The Morgan fingerprint density at radius 2 is 1.79 bits per heavy atom. The lowest BCUT2D eigenvalue weighted by Gasteiger charge is -2.26. The molecule has 6 rings (SSSR count). The summed E-state index contributed by atoms with van der Waals surface area (Å²) in [5.74, 6) is -0.275. The standard InChI is InChI=1S/C30H31N5O3/c36-30-28(26-17-25(35(37)38)10-11-27(26)33-30)29(32-24-9-8-23-18-31-13-12-22(23)16-24)21-6-4-20(5-7-21)19-34-14-2-1-3-15-34/h4-11,16-17,31-32H,1-3,12-15,18-19H2,(H,33,36). The fourth-order valence-corrected chi connectivity index (χ4v) is 5.65. The topological polar surface area (TPSA) is 99.5 Å². The van der Waals surface area contributed by atoms with Crippen molar-refractivity contribution >= 4 is 34.2 Å². The number of nitro benzene ring substituents is 1. The fourth-order valence-electron chi connectivity index (χ4n) is 5.65. The molecule has 0 saturated carbocycles. The Hall–Kier alpha value is -4.01. The first-order chi connectivity index (χ1) is 18.5. The van der Waals surface area contributed by atoms with Gasteiger partial charge in [-0.05, 0) is 79.3 Å². The number of carbonyl (C=O) groups is 1. The first-order valence-electron chi connectivity index (χ1n) is 13.3. The summed E-state index contributed by atoms with van der Waals surface area (Å²) in [5, 5.41) is 21.3. The Morgan fingerprint density at radius 1 is 0.974 bits per heavy atom. The van der Waals surface area contributed by atoms with E-state index in [-0.39, 0.29) is 11.6 Å². The third-order valence-corrected chi connectivity index (χ3v) is 7.67. The highest BCUT2D eigenvalue weighted by Crippen LogP contribution is 2.39. The first kappa shape index (κ1) is 24.3. The van der Waals surface area contributed by atoms with Crippen LogP contribution in [0.4, 0.5) is 17.1 Å². The van der Waals surface area contributed by atoms with Gasteiger partial charge in [-0.15, -0.1) is 0 Å². The number of nitrogens with one attached hydrogen (secondary N) is 3. The number of rotatable bonds is 6. The van der Waals surface area contributed by atoms with Crippen LogP contribution in [0.2, 0.25) is 0 Å². The molecule has 3 N–H and O–H groups in total. The molecule has 0 unspecified atom stereocenters. The van der Waals surface area contributed by atoms with Gasteiger partial charge in [0.25, 0.3) is 11.6 Å². The molecule has 194 valence electrons. The van der Waals surface area contributed by atoms with Gasteiger partial charge in [-0.25, -0.2) is 0 Å². The van der Waals surface area contributed by atoms with Gasteiger partial charge in [0.15, 0.2) is 0 Å². The van der Waals surface area contributed by atoms with Gasteiger partial charge in [0.2, 0.25) is 0 Å². The largest absolute Gasteiger partial charge is 0.354 e. The second-order valence-corrected chi connectivity index (χ2v) is 10.3. The molecule has 0 bridgehead atoms. The minimum absolute atomic E-state index is 0.0461. The van der Waals surface area contributed by atoms with Gasteiger partial charge in [0.05, 0.1) is 16.2 Å². The average molecular weight is 510 g/mol. The number of non-ortho nitro benzene ring substituents is 1. The molecule has 1 fully saturated rings. The summed E-state index contributed by atoms with van der Waals surface area (Å²) in [7, 11) is 0. The van der Waals surface area contributed by atoms with Crippen LogP contribution in [0.5, 0.6) is 0 Å². The Bertz CT molecular complexity index is 1420. The summed E-state index contributed by atoms with van der Waals surface area (Å²) < 4.78 is 0. The monoisotopic (exact) mass is 509 g/mol. The molecule has 0 atom stereocenters. The van der Waals surface area contributed by atoms with E-state index in [1.54, 1.807) is 6.07 Å². The van der Waals surface area contributed by atoms with Crippen LogP contribution in [0.1, 0.15) is 47.1 Å². The van der Waals surface area contributed by atoms with Crippen molar-refractivity contribution in [2.45, 2.75) is 38.8 Å². The second kappa shape index (κ2) is 10.4. The maximum absolute atomic E-state index is 13.3. The molecule has 3 aromatic rings. The maximum Gasteiger partial charge on any atom is 0.270 e. The molecule has 0 radical (unpaired) electrons. The Kier molecular flexibility index (Phi) is 6.66. The van der Waals surface area contributed by atoms with Crippen molar-refractivity contribution < 1.29 is 9.72 Å². The Labute approximate surface area is 221 Å². The van der Waals surface area contributed by atoms with Crippen LogP contribution in [0, 0.1) is 10.1 Å². The number of nitro groups is 1. The predicted octanol–water partition coefficient (Wildman–Crippen LogP) is 5.16. The van der Waals surface area contributed by atoms with Crippen molar-refractivity contribution in [3.8, 4) is 0 Å². The first-order valence-corrected chi connectivity index (χ1v) is 13.3. The predicted molar refractivity (Wildman–Crippen MR) is 150 cm³/mol. The molecule has 8 nitrogen and oxygen atoms in total. The van der Waals surface area contributed by atoms with Gasteiger partial charge >= 0.3 is 0 Å². The maximum atomic E-state index is 13.3. The number of hydrogen-bond donors (Lipinski definition) is 3. The Morgan fingerprint density at radius 3 is 2.58 bits per heavy atom. The molecule has 1 amide bonds. The van der Waals surface area contributed by atoms with Gasteiger partial charge < -0.3 is 16.0 Å². The quantitative estimate of drug-likeness (QED) is 0.241. The van der Waals surface area contributed by atoms with E-state index in [0.717, 1.165) is 50.4 Å². The van der Waals surface area contributed by atoms with E-state index in [0.29, 0.717) is 22.5 Å². The molecule has 38 heavy (non-hydrogen) atoms. The molecule has 8 heteroatoms. The molecule has 3 aliphatic heterocycles. The fraction of sp³-hybridized carbons (Fsp3) is 0.300. The minimum Gasteiger partial charge on any atom is -0.354 e. The highest BCUT2D eigenvalue weighted by atomic mass is 16.6. The SMILES string of the molecule is O=C1Nc2ccc([N+](=O)[O-])cc2C1=C(Nc1ccc2c(c1)CCNC2)c1ccc(CN2CCCCC2)cc1. The number of likely N-dealkylation sites (tertiary alicyclic amines) is 1. The number of anilines is 2. The third kappa shape index (κ3) is 4.92. The summed E-state index contributed by atoms with van der Waals surface area (Å²) in [6, 6.07) is 19.1. The lowest BCUT2D eigenvalue weighted by Crippen LogP contribution is -2.29. The van der Waals surface area contributed by atoms with Crippen molar-refractivity contribution in [3.05, 3.63) is 98.6 Å². The van der Waals surface area contributed by atoms with Crippen LogP contribution in [-0.4, -0.2) is 35.4 Å². The van der Waals surface area contributed by atoms with Gasteiger partial charge in [-0.3, -0.25) is 19.8 Å². The molecular formula is C30H31N5O3. The summed E-state index contributed by atoms with van der Waals surface area (Å²) in [6.07, 6.45) is 4.74. The van der Waals surface area contributed by atoms with Crippen molar-refractivity contribution in [3.63, 3.8) is 0 Å². The van der Waals surface area contributed by atoms with Crippen LogP contribution < -0.4 is 16.0 Å². The van der Waals surface area contributed by atoms with E-state index in [1.807, 2.05) is 18.2 Å². The molecular weight excluding hydrogens is 478 g/mol. The van der Waals surface area contributed by atoms with E-state index in [2.05, 4.69) is 45.1 Å². The molecule has 0 aromatic heterocycles. The molecule has 3 aliphatic rings. The summed E-state index contributed by atoms with van der Waals surface area (Å²) in [5.41, 5.74) is 7.64. The van der Waals surface area contributed by atoms with Crippen LogP contribution in [0.25, 0.3) is 11.3 Å². The smallest absolute Gasteiger partial charge is 0.270 e. The number of nitrogens with zero attached hydrogens (tertiary/aromatic N) is 2. The zero-order chi connectivity index (χ0) is 26.1. The molecule has 3 heterocycles. The molecule has 0 spiro atoms. The zero-order valence-corrected chi connectivity index (χ0v) is 21.3. The van der Waals surface area contributed by atoms with Gasteiger partial charge in [0.1, 0.15) is 0 Å². The number of carbonyl (C=O) groups excluding carboxylic acids is 1. The van der Waals surface area contributed by atoms with Crippen molar-refractivity contribution in [1.29, 1.82) is 0 Å². The number of benzene rings is 3. The minimum atomic E-state index is -0.430. The van der Waals surface area contributed by atoms with E-state index in [1.165, 1.54) is 48.1 Å². The second-order valence-electron chi connectivity index (χ2n) is 10.3. The molecule has 3 aromatic carbocycles. The van der Waals surface area contributed by atoms with E-state index in [4.69, 9.17) is 0 Å².